The fraction of sp³-hybridized carbons (Fsp3) is 0.500. The van der Waals surface area contributed by atoms with Crippen molar-refractivity contribution in [1.29, 1.82) is 0 Å². The second-order valence-corrected chi connectivity index (χ2v) is 3.97. The Morgan fingerprint density at radius 3 is 2.60 bits per heavy atom. The van der Waals surface area contributed by atoms with Crippen LogP contribution >= 0.6 is 0 Å². The van der Waals surface area contributed by atoms with Crippen molar-refractivity contribution < 1.29 is 14.6 Å². The second kappa shape index (κ2) is 5.61. The molecule has 1 aromatic carbocycles. The molecule has 1 N–H and O–H groups in total. The summed E-state index contributed by atoms with van der Waals surface area (Å²) in [5.74, 6) is 1.37. The van der Waals surface area contributed by atoms with Crippen molar-refractivity contribution in [3.05, 3.63) is 23.8 Å². The summed E-state index contributed by atoms with van der Waals surface area (Å²) in [5, 5.41) is 9.45. The third-order valence-electron chi connectivity index (χ3n) is 1.85. The summed E-state index contributed by atoms with van der Waals surface area (Å²) in [6.07, 6.45) is 0. The van der Waals surface area contributed by atoms with Crippen LogP contribution in [0.5, 0.6) is 11.5 Å². The topological polar surface area (TPSA) is 38.7 Å². The highest BCUT2D eigenvalue weighted by molar-refractivity contribution is 5.37. The number of rotatable bonds is 5. The van der Waals surface area contributed by atoms with Crippen LogP contribution < -0.4 is 4.74 Å². The molecule has 0 amide bonds. The van der Waals surface area contributed by atoms with Gasteiger partial charge in [0.2, 0.25) is 0 Å². The lowest BCUT2D eigenvalue weighted by Gasteiger charge is -2.10. The molecule has 0 aromatic heterocycles. The monoisotopic (exact) mass is 210 g/mol. The Hall–Kier alpha value is -1.22. The molecule has 0 saturated heterocycles. The third-order valence-corrected chi connectivity index (χ3v) is 1.85. The predicted octanol–water partition coefficient (Wildman–Crippen LogP) is 2.57. The second-order valence-electron chi connectivity index (χ2n) is 3.97. The molecular formula is C12H18O3. The van der Waals surface area contributed by atoms with E-state index in [0.29, 0.717) is 24.9 Å². The van der Waals surface area contributed by atoms with E-state index in [9.17, 15) is 5.11 Å². The largest absolute Gasteiger partial charge is 0.508 e. The van der Waals surface area contributed by atoms with Crippen LogP contribution in [0.25, 0.3) is 0 Å². The van der Waals surface area contributed by atoms with Gasteiger partial charge in [-0.15, -0.1) is 0 Å². The van der Waals surface area contributed by atoms with E-state index in [1.54, 1.807) is 19.2 Å². The van der Waals surface area contributed by atoms with Crippen LogP contribution in [-0.2, 0) is 11.3 Å². The van der Waals surface area contributed by atoms with E-state index in [-0.39, 0.29) is 5.75 Å². The molecule has 0 aliphatic heterocycles. The molecule has 3 nitrogen and oxygen atoms in total. The maximum Gasteiger partial charge on any atom is 0.123 e. The molecule has 3 heteroatoms. The molecule has 1 aromatic rings. The molecule has 0 aliphatic carbocycles. The SMILES string of the molecule is COCc1cc(O)cc(OCC(C)C)c1. The summed E-state index contributed by atoms with van der Waals surface area (Å²) >= 11 is 0. The zero-order valence-electron chi connectivity index (χ0n) is 9.49. The molecule has 0 unspecified atom stereocenters. The van der Waals surface area contributed by atoms with Crippen molar-refractivity contribution in [3.63, 3.8) is 0 Å². The van der Waals surface area contributed by atoms with Crippen LogP contribution in [0.15, 0.2) is 18.2 Å². The summed E-state index contributed by atoms with van der Waals surface area (Å²) in [5.41, 5.74) is 0.913. The van der Waals surface area contributed by atoms with Gasteiger partial charge >= 0.3 is 0 Å². The highest BCUT2D eigenvalue weighted by atomic mass is 16.5. The molecule has 0 atom stereocenters. The van der Waals surface area contributed by atoms with Crippen molar-refractivity contribution in [2.45, 2.75) is 20.5 Å². The minimum absolute atomic E-state index is 0.211. The first-order valence-corrected chi connectivity index (χ1v) is 5.06. The maximum atomic E-state index is 9.45. The molecule has 0 bridgehead atoms. The lowest BCUT2D eigenvalue weighted by molar-refractivity contribution is 0.184. The van der Waals surface area contributed by atoms with Gasteiger partial charge in [-0.25, -0.2) is 0 Å². The molecule has 0 radical (unpaired) electrons. The standard InChI is InChI=1S/C12H18O3/c1-9(2)7-15-12-5-10(8-14-3)4-11(13)6-12/h4-6,9,13H,7-8H2,1-3H3. The lowest BCUT2D eigenvalue weighted by atomic mass is 10.2. The van der Waals surface area contributed by atoms with Gasteiger partial charge in [-0.05, 0) is 23.6 Å². The van der Waals surface area contributed by atoms with Gasteiger partial charge in [0.25, 0.3) is 0 Å². The van der Waals surface area contributed by atoms with Crippen molar-refractivity contribution in [2.24, 2.45) is 5.92 Å². The zero-order chi connectivity index (χ0) is 11.3. The minimum atomic E-state index is 0.211. The minimum Gasteiger partial charge on any atom is -0.508 e. The van der Waals surface area contributed by atoms with E-state index in [0.717, 1.165) is 5.56 Å². The molecule has 1 rings (SSSR count). The Kier molecular flexibility index (Phi) is 4.43. The van der Waals surface area contributed by atoms with Crippen LogP contribution in [0.4, 0.5) is 0 Å². The quantitative estimate of drug-likeness (QED) is 0.811. The van der Waals surface area contributed by atoms with Gasteiger partial charge in [0, 0.05) is 13.2 Å². The highest BCUT2D eigenvalue weighted by Gasteiger charge is 2.02. The fourth-order valence-electron chi connectivity index (χ4n) is 1.24. The fourth-order valence-corrected chi connectivity index (χ4v) is 1.24. The van der Waals surface area contributed by atoms with E-state index < -0.39 is 0 Å². The average molecular weight is 210 g/mol. The van der Waals surface area contributed by atoms with E-state index in [1.165, 1.54) is 0 Å². The summed E-state index contributed by atoms with van der Waals surface area (Å²) in [6.45, 7) is 5.29. The number of hydrogen-bond acceptors (Lipinski definition) is 3. The van der Waals surface area contributed by atoms with E-state index in [4.69, 9.17) is 9.47 Å². The van der Waals surface area contributed by atoms with Crippen molar-refractivity contribution in [2.75, 3.05) is 13.7 Å². The van der Waals surface area contributed by atoms with Crippen LogP contribution in [0, 0.1) is 5.92 Å². The number of hydrogen-bond donors (Lipinski definition) is 1. The Labute approximate surface area is 90.6 Å². The molecule has 15 heavy (non-hydrogen) atoms. The highest BCUT2D eigenvalue weighted by Crippen LogP contribution is 2.22. The molecular weight excluding hydrogens is 192 g/mol. The van der Waals surface area contributed by atoms with E-state index >= 15 is 0 Å². The average Bonchev–Trinajstić information content (AvgIpc) is 2.14. The van der Waals surface area contributed by atoms with Gasteiger partial charge in [0.15, 0.2) is 0 Å². The first-order valence-electron chi connectivity index (χ1n) is 5.06. The lowest BCUT2D eigenvalue weighted by Crippen LogP contribution is -2.04. The number of aromatic hydroxyl groups is 1. The normalized spacial score (nSPS) is 10.7. The summed E-state index contributed by atoms with van der Waals surface area (Å²) in [7, 11) is 1.62. The van der Waals surface area contributed by atoms with Gasteiger partial charge in [-0.3, -0.25) is 0 Å². The summed E-state index contributed by atoms with van der Waals surface area (Å²) in [4.78, 5) is 0. The molecule has 0 aliphatic rings. The van der Waals surface area contributed by atoms with Crippen molar-refractivity contribution >= 4 is 0 Å². The Morgan fingerprint density at radius 1 is 1.27 bits per heavy atom. The van der Waals surface area contributed by atoms with Gasteiger partial charge in [0.1, 0.15) is 11.5 Å². The van der Waals surface area contributed by atoms with Crippen molar-refractivity contribution in [3.8, 4) is 11.5 Å². The van der Waals surface area contributed by atoms with Gasteiger partial charge in [0.05, 0.1) is 13.2 Å². The maximum absolute atomic E-state index is 9.45. The molecule has 0 spiro atoms. The number of phenolic OH excluding ortho intramolecular Hbond substituents is 1. The van der Waals surface area contributed by atoms with Gasteiger partial charge in [-0.2, -0.15) is 0 Å². The summed E-state index contributed by atoms with van der Waals surface area (Å²) < 4.78 is 10.5. The molecule has 0 fully saturated rings. The van der Waals surface area contributed by atoms with Crippen molar-refractivity contribution in [1.82, 2.24) is 0 Å². The number of ether oxygens (including phenoxy) is 2. The van der Waals surface area contributed by atoms with Crippen LogP contribution in [0.2, 0.25) is 0 Å². The Bertz CT molecular complexity index is 308. The zero-order valence-corrected chi connectivity index (χ0v) is 9.49. The third kappa shape index (κ3) is 4.21. The van der Waals surface area contributed by atoms with Gasteiger partial charge < -0.3 is 14.6 Å². The molecule has 0 saturated carbocycles. The smallest absolute Gasteiger partial charge is 0.123 e. The van der Waals surface area contributed by atoms with Crippen LogP contribution in [0.1, 0.15) is 19.4 Å². The first-order chi connectivity index (χ1) is 7.11. The van der Waals surface area contributed by atoms with E-state index in [1.807, 2.05) is 6.07 Å². The van der Waals surface area contributed by atoms with E-state index in [2.05, 4.69) is 13.8 Å². The number of benzene rings is 1. The Morgan fingerprint density at radius 2 is 2.00 bits per heavy atom. The molecule has 84 valence electrons. The first kappa shape index (κ1) is 11.9. The number of methoxy groups -OCH3 is 1. The molecule has 0 heterocycles. The number of phenols is 1. The van der Waals surface area contributed by atoms with Crippen LogP contribution in [0.3, 0.4) is 0 Å². The Balaban J connectivity index is 2.70. The predicted molar refractivity (Wildman–Crippen MR) is 59.2 cm³/mol. The van der Waals surface area contributed by atoms with Gasteiger partial charge in [-0.1, -0.05) is 13.8 Å². The van der Waals surface area contributed by atoms with Crippen LogP contribution in [-0.4, -0.2) is 18.8 Å². The summed E-state index contributed by atoms with van der Waals surface area (Å²) in [6, 6.07) is 5.17.